The summed E-state index contributed by atoms with van der Waals surface area (Å²) in [5, 5.41) is 9.98. The molecule has 2 aromatic rings. The van der Waals surface area contributed by atoms with Gasteiger partial charge in [0, 0.05) is 18.1 Å². The number of phenolic OH excluding ortho intramolecular Hbond substituents is 1. The molecule has 2 rings (SSSR count). The van der Waals surface area contributed by atoms with Gasteiger partial charge < -0.3 is 14.3 Å². The summed E-state index contributed by atoms with van der Waals surface area (Å²) in [6.07, 6.45) is 2.45. The highest BCUT2D eigenvalue weighted by Gasteiger charge is 2.12. The Balaban J connectivity index is 2.30. The number of nitrogens with one attached hydrogen (secondary N) is 1. The highest BCUT2D eigenvalue weighted by Crippen LogP contribution is 2.29. The molecule has 1 amide bonds. The summed E-state index contributed by atoms with van der Waals surface area (Å²) in [5.41, 5.74) is 2.56. The zero-order chi connectivity index (χ0) is 15.4. The molecule has 0 unspecified atom stereocenters. The molecule has 0 atom stereocenters. The van der Waals surface area contributed by atoms with Gasteiger partial charge in [-0.2, -0.15) is 0 Å². The maximum Gasteiger partial charge on any atom is 0.233 e. The molecular weight excluding hydrogens is 276 g/mol. The largest absolute Gasteiger partial charge is 0.504 e. The first-order chi connectivity index (χ1) is 10.1. The molecule has 0 radical (unpaired) electrons. The standard InChI is InChI=1S/C14H16N2O5/c1-20-12-5-9-11(6-10(12)17)21-7-8(14(9)19)3-2-4-13(18)16-15/h5-7,17H,2-4,15H2,1H3,(H,16,18). The number of amides is 1. The number of aromatic hydroxyl groups is 1. The van der Waals surface area contributed by atoms with Crippen LogP contribution < -0.4 is 21.4 Å². The van der Waals surface area contributed by atoms with Crippen molar-refractivity contribution in [1.29, 1.82) is 0 Å². The van der Waals surface area contributed by atoms with Gasteiger partial charge in [-0.25, -0.2) is 5.84 Å². The molecule has 0 saturated heterocycles. The lowest BCUT2D eigenvalue weighted by molar-refractivity contribution is -0.121. The summed E-state index contributed by atoms with van der Waals surface area (Å²) in [6, 6.07) is 2.77. The topological polar surface area (TPSA) is 115 Å². The van der Waals surface area contributed by atoms with Gasteiger partial charge in [0.25, 0.3) is 0 Å². The smallest absolute Gasteiger partial charge is 0.233 e. The molecule has 21 heavy (non-hydrogen) atoms. The van der Waals surface area contributed by atoms with Gasteiger partial charge >= 0.3 is 0 Å². The number of aryl methyl sites for hydroxylation is 1. The van der Waals surface area contributed by atoms with E-state index in [-0.39, 0.29) is 34.8 Å². The third-order valence-corrected chi connectivity index (χ3v) is 3.16. The number of ether oxygens (including phenoxy) is 1. The summed E-state index contributed by atoms with van der Waals surface area (Å²) in [6.45, 7) is 0. The molecule has 0 aliphatic rings. The molecule has 7 nitrogen and oxygen atoms in total. The van der Waals surface area contributed by atoms with E-state index >= 15 is 0 Å². The summed E-state index contributed by atoms with van der Waals surface area (Å²) < 4.78 is 10.3. The summed E-state index contributed by atoms with van der Waals surface area (Å²) >= 11 is 0. The lowest BCUT2D eigenvalue weighted by Crippen LogP contribution is -2.29. The van der Waals surface area contributed by atoms with Crippen LogP contribution in [0, 0.1) is 0 Å². The van der Waals surface area contributed by atoms with Crippen LogP contribution in [0.5, 0.6) is 11.5 Å². The lowest BCUT2D eigenvalue weighted by atomic mass is 10.1. The molecular formula is C14H16N2O5. The van der Waals surface area contributed by atoms with Gasteiger partial charge in [0.05, 0.1) is 18.8 Å². The zero-order valence-corrected chi connectivity index (χ0v) is 11.5. The van der Waals surface area contributed by atoms with Crippen molar-refractivity contribution in [3.05, 3.63) is 34.2 Å². The number of hydrazine groups is 1. The number of benzene rings is 1. The van der Waals surface area contributed by atoms with E-state index in [4.69, 9.17) is 15.0 Å². The van der Waals surface area contributed by atoms with Gasteiger partial charge in [0.15, 0.2) is 16.9 Å². The molecule has 112 valence electrons. The molecule has 7 heteroatoms. The summed E-state index contributed by atoms with van der Waals surface area (Å²) in [5.74, 6) is 4.81. The molecule has 1 aromatic carbocycles. The highest BCUT2D eigenvalue weighted by atomic mass is 16.5. The average Bonchev–Trinajstić information content (AvgIpc) is 2.49. The Morgan fingerprint density at radius 1 is 1.48 bits per heavy atom. The predicted molar refractivity (Wildman–Crippen MR) is 76.0 cm³/mol. The maximum absolute atomic E-state index is 12.3. The summed E-state index contributed by atoms with van der Waals surface area (Å²) in [4.78, 5) is 23.4. The van der Waals surface area contributed by atoms with Gasteiger partial charge in [0.1, 0.15) is 5.58 Å². The van der Waals surface area contributed by atoms with Crippen LogP contribution >= 0.6 is 0 Å². The summed E-state index contributed by atoms with van der Waals surface area (Å²) in [7, 11) is 1.40. The quantitative estimate of drug-likeness (QED) is 0.427. The number of methoxy groups -OCH3 is 1. The molecule has 0 aliphatic carbocycles. The first-order valence-corrected chi connectivity index (χ1v) is 6.37. The number of rotatable bonds is 5. The Kier molecular flexibility index (Phi) is 4.44. The minimum Gasteiger partial charge on any atom is -0.504 e. The first-order valence-electron chi connectivity index (χ1n) is 6.37. The fourth-order valence-corrected chi connectivity index (χ4v) is 2.03. The number of carbonyl (C=O) groups excluding carboxylic acids is 1. The van der Waals surface area contributed by atoms with Gasteiger partial charge in [0.2, 0.25) is 5.91 Å². The molecule has 0 aliphatic heterocycles. The third-order valence-electron chi connectivity index (χ3n) is 3.16. The van der Waals surface area contributed by atoms with Crippen LogP contribution in [0.4, 0.5) is 0 Å². The molecule has 0 spiro atoms. The van der Waals surface area contributed by atoms with E-state index < -0.39 is 0 Å². The number of hydrogen-bond acceptors (Lipinski definition) is 6. The second-order valence-electron chi connectivity index (χ2n) is 4.53. The zero-order valence-electron chi connectivity index (χ0n) is 11.5. The number of phenols is 1. The SMILES string of the molecule is COc1cc2c(=O)c(CCCC(=O)NN)coc2cc1O. The predicted octanol–water partition coefficient (Wildman–Crippen LogP) is 0.820. The van der Waals surface area contributed by atoms with Crippen LogP contribution in [0.15, 0.2) is 27.6 Å². The Bertz CT molecular complexity index is 723. The normalized spacial score (nSPS) is 10.6. The van der Waals surface area contributed by atoms with Gasteiger partial charge in [-0.05, 0) is 18.9 Å². The van der Waals surface area contributed by atoms with Crippen molar-refractivity contribution in [3.63, 3.8) is 0 Å². The molecule has 4 N–H and O–H groups in total. The number of nitrogens with two attached hydrogens (primary N) is 1. The minimum atomic E-state index is -0.285. The van der Waals surface area contributed by atoms with Gasteiger partial charge in [-0.3, -0.25) is 15.0 Å². The van der Waals surface area contributed by atoms with Crippen molar-refractivity contribution in [2.24, 2.45) is 5.84 Å². The molecule has 1 heterocycles. The van der Waals surface area contributed by atoms with Crippen LogP contribution in [0.25, 0.3) is 11.0 Å². The monoisotopic (exact) mass is 292 g/mol. The van der Waals surface area contributed by atoms with E-state index in [2.05, 4.69) is 0 Å². The fraction of sp³-hybridized carbons (Fsp3) is 0.286. The molecule has 0 saturated carbocycles. The Hall–Kier alpha value is -2.54. The van der Waals surface area contributed by atoms with Crippen molar-refractivity contribution in [3.8, 4) is 11.5 Å². The van der Waals surface area contributed by atoms with Crippen molar-refractivity contribution in [2.45, 2.75) is 19.3 Å². The van der Waals surface area contributed by atoms with E-state index in [9.17, 15) is 14.7 Å². The lowest BCUT2D eigenvalue weighted by Gasteiger charge is -2.06. The number of fused-ring (bicyclic) bond motifs is 1. The minimum absolute atomic E-state index is 0.0967. The van der Waals surface area contributed by atoms with Crippen molar-refractivity contribution in [1.82, 2.24) is 5.43 Å². The van der Waals surface area contributed by atoms with Gasteiger partial charge in [-0.15, -0.1) is 0 Å². The van der Waals surface area contributed by atoms with Crippen LogP contribution in [0.1, 0.15) is 18.4 Å². The second-order valence-corrected chi connectivity index (χ2v) is 4.53. The average molecular weight is 292 g/mol. The van der Waals surface area contributed by atoms with E-state index in [1.54, 1.807) is 0 Å². The van der Waals surface area contributed by atoms with Gasteiger partial charge in [-0.1, -0.05) is 0 Å². The van der Waals surface area contributed by atoms with Crippen LogP contribution in [-0.2, 0) is 11.2 Å². The Morgan fingerprint density at radius 2 is 2.24 bits per heavy atom. The fourth-order valence-electron chi connectivity index (χ4n) is 2.03. The van der Waals surface area contributed by atoms with Crippen molar-refractivity contribution < 1.29 is 19.1 Å². The van der Waals surface area contributed by atoms with Crippen LogP contribution in [0.3, 0.4) is 0 Å². The molecule has 1 aromatic heterocycles. The van der Waals surface area contributed by atoms with E-state index in [1.807, 2.05) is 5.43 Å². The Labute approximate surface area is 120 Å². The van der Waals surface area contributed by atoms with E-state index in [0.717, 1.165) is 0 Å². The number of hydrogen-bond donors (Lipinski definition) is 3. The molecule has 0 fully saturated rings. The van der Waals surface area contributed by atoms with E-state index in [0.29, 0.717) is 23.8 Å². The second kappa shape index (κ2) is 6.27. The van der Waals surface area contributed by atoms with E-state index in [1.165, 1.54) is 25.5 Å². The molecule has 0 bridgehead atoms. The van der Waals surface area contributed by atoms with Crippen molar-refractivity contribution >= 4 is 16.9 Å². The maximum atomic E-state index is 12.3. The van der Waals surface area contributed by atoms with Crippen molar-refractivity contribution in [2.75, 3.05) is 7.11 Å². The van der Waals surface area contributed by atoms with Crippen LogP contribution in [-0.4, -0.2) is 18.1 Å². The van der Waals surface area contributed by atoms with Crippen LogP contribution in [0.2, 0.25) is 0 Å². The first kappa shape index (κ1) is 14.9. The highest BCUT2D eigenvalue weighted by molar-refractivity contribution is 5.81. The Morgan fingerprint density at radius 3 is 2.90 bits per heavy atom. The third kappa shape index (κ3) is 3.14. The number of carbonyl (C=O) groups is 1.